The van der Waals surface area contributed by atoms with Gasteiger partial charge in [-0.15, -0.1) is 10.2 Å². The third kappa shape index (κ3) is 2.53. The molecule has 0 fully saturated rings. The first-order valence-corrected chi connectivity index (χ1v) is 6.64. The third-order valence-corrected chi connectivity index (χ3v) is 3.01. The van der Waals surface area contributed by atoms with Crippen LogP contribution in [0, 0.1) is 0 Å². The number of hydrogen-bond acceptors (Lipinski definition) is 5. The van der Waals surface area contributed by atoms with Crippen molar-refractivity contribution in [2.45, 2.75) is 26.4 Å². The van der Waals surface area contributed by atoms with Gasteiger partial charge in [-0.3, -0.25) is 4.98 Å². The zero-order valence-corrected chi connectivity index (χ0v) is 11.5. The lowest BCUT2D eigenvalue weighted by atomic mass is 10.1. The molecule has 0 saturated heterocycles. The zero-order valence-electron chi connectivity index (χ0n) is 11.5. The van der Waals surface area contributed by atoms with Crippen molar-refractivity contribution < 1.29 is 4.42 Å². The second-order valence-corrected chi connectivity index (χ2v) is 4.91. The Morgan fingerprint density at radius 3 is 2.85 bits per heavy atom. The van der Waals surface area contributed by atoms with Crippen LogP contribution in [0.15, 0.2) is 40.9 Å². The Bertz CT molecular complexity index is 715. The fourth-order valence-corrected chi connectivity index (χ4v) is 2.01. The van der Waals surface area contributed by atoms with E-state index in [4.69, 9.17) is 4.42 Å². The second kappa shape index (κ2) is 5.38. The molecule has 0 aliphatic carbocycles. The summed E-state index contributed by atoms with van der Waals surface area (Å²) in [4.78, 5) is 4.33. The van der Waals surface area contributed by atoms with E-state index < -0.39 is 0 Å². The maximum absolute atomic E-state index is 5.72. The first-order valence-electron chi connectivity index (χ1n) is 6.64. The summed E-state index contributed by atoms with van der Waals surface area (Å²) in [6.45, 7) is 4.73. The van der Waals surface area contributed by atoms with Crippen molar-refractivity contribution in [3.63, 3.8) is 0 Å². The van der Waals surface area contributed by atoms with Gasteiger partial charge in [-0.25, -0.2) is 0 Å². The summed E-state index contributed by atoms with van der Waals surface area (Å²) < 4.78 is 5.72. The molecule has 20 heavy (non-hydrogen) atoms. The molecule has 0 unspecified atom stereocenters. The molecule has 0 atom stereocenters. The Balaban J connectivity index is 1.95. The quantitative estimate of drug-likeness (QED) is 0.788. The lowest BCUT2D eigenvalue weighted by molar-refractivity contribution is 0.459. The van der Waals surface area contributed by atoms with Crippen molar-refractivity contribution in [1.29, 1.82) is 0 Å². The number of pyridine rings is 1. The molecule has 0 aliphatic rings. The molecular weight excluding hydrogens is 252 g/mol. The van der Waals surface area contributed by atoms with Gasteiger partial charge in [0, 0.05) is 23.2 Å². The van der Waals surface area contributed by atoms with E-state index >= 15 is 0 Å². The molecule has 5 nitrogen and oxygen atoms in total. The van der Waals surface area contributed by atoms with Crippen molar-refractivity contribution in [2.24, 2.45) is 0 Å². The van der Waals surface area contributed by atoms with Crippen molar-refractivity contribution in [3.8, 4) is 11.5 Å². The van der Waals surface area contributed by atoms with Crippen molar-refractivity contribution in [2.75, 3.05) is 0 Å². The lowest BCUT2D eigenvalue weighted by Crippen LogP contribution is -2.21. The number of nitrogens with one attached hydrogen (secondary N) is 1. The summed E-state index contributed by atoms with van der Waals surface area (Å²) >= 11 is 0. The summed E-state index contributed by atoms with van der Waals surface area (Å²) in [5.74, 6) is 1.12. The number of fused-ring (bicyclic) bond motifs is 1. The van der Waals surface area contributed by atoms with Crippen LogP contribution in [-0.4, -0.2) is 21.2 Å². The van der Waals surface area contributed by atoms with Crippen LogP contribution < -0.4 is 5.32 Å². The minimum atomic E-state index is 0.382. The molecule has 1 N–H and O–H groups in total. The maximum Gasteiger partial charge on any atom is 0.248 e. The highest BCUT2D eigenvalue weighted by Crippen LogP contribution is 2.25. The summed E-state index contributed by atoms with van der Waals surface area (Å²) in [6.07, 6.45) is 1.76. The number of para-hydroxylation sites is 1. The van der Waals surface area contributed by atoms with Crippen molar-refractivity contribution in [1.82, 2.24) is 20.5 Å². The summed E-state index contributed by atoms with van der Waals surface area (Å²) in [7, 11) is 0. The molecule has 0 amide bonds. The predicted octanol–water partition coefficient (Wildman–Crippen LogP) is 2.78. The average molecular weight is 268 g/mol. The molecule has 3 aromatic rings. The van der Waals surface area contributed by atoms with E-state index in [0.29, 0.717) is 24.4 Å². The van der Waals surface area contributed by atoms with E-state index in [0.717, 1.165) is 16.5 Å². The number of hydrogen-bond donors (Lipinski definition) is 1. The Kier molecular flexibility index (Phi) is 3.43. The van der Waals surface area contributed by atoms with E-state index in [1.54, 1.807) is 6.20 Å². The average Bonchev–Trinajstić information content (AvgIpc) is 2.93. The van der Waals surface area contributed by atoms with Gasteiger partial charge >= 0.3 is 0 Å². The van der Waals surface area contributed by atoms with Crippen molar-refractivity contribution >= 4 is 10.9 Å². The Hall–Kier alpha value is -2.27. The van der Waals surface area contributed by atoms with Crippen LogP contribution in [0.5, 0.6) is 0 Å². The first kappa shape index (κ1) is 12.7. The van der Waals surface area contributed by atoms with Gasteiger partial charge in [-0.2, -0.15) is 0 Å². The van der Waals surface area contributed by atoms with Gasteiger partial charge in [0.1, 0.15) is 0 Å². The van der Waals surface area contributed by atoms with Gasteiger partial charge in [0.25, 0.3) is 0 Å². The van der Waals surface area contributed by atoms with Crippen LogP contribution in [0.4, 0.5) is 0 Å². The standard InChI is InChI=1S/C15H16N4O/c1-10(2)17-9-14-18-19-15(20-14)12-7-8-16-13-6-4-3-5-11(12)13/h3-8,10,17H,9H2,1-2H3. The topological polar surface area (TPSA) is 63.8 Å². The number of rotatable bonds is 4. The molecule has 0 bridgehead atoms. The monoisotopic (exact) mass is 268 g/mol. The van der Waals surface area contributed by atoms with E-state index in [9.17, 15) is 0 Å². The van der Waals surface area contributed by atoms with Gasteiger partial charge < -0.3 is 9.73 Å². The molecule has 2 aromatic heterocycles. The van der Waals surface area contributed by atoms with Gasteiger partial charge in [0.15, 0.2) is 0 Å². The predicted molar refractivity (Wildman–Crippen MR) is 77.0 cm³/mol. The lowest BCUT2D eigenvalue weighted by Gasteiger charge is -2.03. The summed E-state index contributed by atoms with van der Waals surface area (Å²) in [6, 6.07) is 10.2. The SMILES string of the molecule is CC(C)NCc1nnc(-c2ccnc3ccccc23)o1. The largest absolute Gasteiger partial charge is 0.419 e. The Labute approximate surface area is 117 Å². The van der Waals surface area contributed by atoms with Gasteiger partial charge in [0.05, 0.1) is 12.1 Å². The van der Waals surface area contributed by atoms with Crippen LogP contribution >= 0.6 is 0 Å². The molecule has 2 heterocycles. The Morgan fingerprint density at radius 2 is 2.00 bits per heavy atom. The van der Waals surface area contributed by atoms with Crippen LogP contribution in [0.3, 0.4) is 0 Å². The smallest absolute Gasteiger partial charge is 0.248 e. The second-order valence-electron chi connectivity index (χ2n) is 4.91. The highest BCUT2D eigenvalue weighted by atomic mass is 16.4. The fourth-order valence-electron chi connectivity index (χ4n) is 2.01. The van der Waals surface area contributed by atoms with Gasteiger partial charge in [0.2, 0.25) is 11.8 Å². The third-order valence-electron chi connectivity index (χ3n) is 3.01. The summed E-state index contributed by atoms with van der Waals surface area (Å²) in [5.41, 5.74) is 1.84. The number of aromatic nitrogens is 3. The van der Waals surface area contributed by atoms with Crippen LogP contribution in [0.2, 0.25) is 0 Å². The van der Waals surface area contributed by atoms with Gasteiger partial charge in [-0.1, -0.05) is 32.0 Å². The van der Waals surface area contributed by atoms with E-state index in [-0.39, 0.29) is 0 Å². The van der Waals surface area contributed by atoms with Crippen LogP contribution in [-0.2, 0) is 6.54 Å². The van der Waals surface area contributed by atoms with Gasteiger partial charge in [-0.05, 0) is 12.1 Å². The molecule has 0 aliphatic heterocycles. The minimum absolute atomic E-state index is 0.382. The molecule has 3 rings (SSSR count). The van der Waals surface area contributed by atoms with E-state index in [2.05, 4.69) is 34.3 Å². The molecule has 0 radical (unpaired) electrons. The maximum atomic E-state index is 5.72. The summed E-state index contributed by atoms with van der Waals surface area (Å²) in [5, 5.41) is 12.5. The number of nitrogens with zero attached hydrogens (tertiary/aromatic N) is 3. The molecule has 102 valence electrons. The molecular formula is C15H16N4O. The highest BCUT2D eigenvalue weighted by Gasteiger charge is 2.11. The minimum Gasteiger partial charge on any atom is -0.419 e. The van der Waals surface area contributed by atoms with E-state index in [1.807, 2.05) is 30.3 Å². The normalized spacial score (nSPS) is 11.3. The number of benzene rings is 1. The van der Waals surface area contributed by atoms with Crippen LogP contribution in [0.25, 0.3) is 22.4 Å². The molecule has 1 aromatic carbocycles. The van der Waals surface area contributed by atoms with Crippen molar-refractivity contribution in [3.05, 3.63) is 42.4 Å². The van der Waals surface area contributed by atoms with E-state index in [1.165, 1.54) is 0 Å². The van der Waals surface area contributed by atoms with Crippen LogP contribution in [0.1, 0.15) is 19.7 Å². The molecule has 5 heteroatoms. The first-order chi connectivity index (χ1) is 9.74. The fraction of sp³-hybridized carbons (Fsp3) is 0.267. The molecule has 0 spiro atoms. The molecule has 0 saturated carbocycles. The highest BCUT2D eigenvalue weighted by molar-refractivity contribution is 5.91. The Morgan fingerprint density at radius 1 is 1.15 bits per heavy atom. The zero-order chi connectivity index (χ0) is 13.9.